The average Bonchev–Trinajstić information content (AvgIpc) is 2.98. The van der Waals surface area contributed by atoms with E-state index in [1.54, 1.807) is 36.5 Å². The Balaban J connectivity index is 1.70. The van der Waals surface area contributed by atoms with E-state index < -0.39 is 10.0 Å². The summed E-state index contributed by atoms with van der Waals surface area (Å²) in [5, 5.41) is 0. The first-order valence-corrected chi connectivity index (χ1v) is 9.12. The molecule has 1 aromatic carbocycles. The van der Waals surface area contributed by atoms with Crippen LogP contribution in [0.4, 0.5) is 0 Å². The van der Waals surface area contributed by atoms with Crippen molar-refractivity contribution in [1.29, 1.82) is 0 Å². The normalized spacial score (nSPS) is 19.2. The number of ether oxygens (including phenoxy) is 1. The third kappa shape index (κ3) is 3.31. The van der Waals surface area contributed by atoms with E-state index in [-0.39, 0.29) is 6.10 Å². The number of rotatable bonds is 4. The Morgan fingerprint density at radius 3 is 2.64 bits per heavy atom. The summed E-state index contributed by atoms with van der Waals surface area (Å²) in [6.07, 6.45) is 2.15. The van der Waals surface area contributed by atoms with E-state index in [0.29, 0.717) is 30.3 Å². The molecule has 2 aromatic rings. The highest BCUT2D eigenvalue weighted by Gasteiger charge is 2.33. The largest absolute Gasteiger partial charge is 0.473 e. The van der Waals surface area contributed by atoms with Crippen molar-refractivity contribution in [2.75, 3.05) is 13.1 Å². The number of nitrogens with zero attached hydrogens (tertiary/aromatic N) is 2. The highest BCUT2D eigenvalue weighted by molar-refractivity contribution is 9.10. The Hall–Kier alpha value is -1.44. The lowest BCUT2D eigenvalue weighted by atomic mass is 10.3. The van der Waals surface area contributed by atoms with Crippen molar-refractivity contribution in [2.24, 2.45) is 0 Å². The van der Waals surface area contributed by atoms with Gasteiger partial charge < -0.3 is 4.74 Å². The first-order chi connectivity index (χ1) is 10.6. The summed E-state index contributed by atoms with van der Waals surface area (Å²) in [6.45, 7) is 0.796. The number of pyridine rings is 1. The van der Waals surface area contributed by atoms with E-state index in [4.69, 9.17) is 4.74 Å². The molecule has 116 valence electrons. The Bertz CT molecular complexity index is 735. The van der Waals surface area contributed by atoms with Crippen LogP contribution in [0.25, 0.3) is 0 Å². The van der Waals surface area contributed by atoms with Gasteiger partial charge in [0.25, 0.3) is 0 Å². The second-order valence-electron chi connectivity index (χ2n) is 5.01. The lowest BCUT2D eigenvalue weighted by Gasteiger charge is -2.17. The van der Waals surface area contributed by atoms with E-state index in [0.717, 1.165) is 4.47 Å². The van der Waals surface area contributed by atoms with Gasteiger partial charge in [-0.3, -0.25) is 0 Å². The molecule has 0 amide bonds. The Kier molecular flexibility index (Phi) is 4.46. The van der Waals surface area contributed by atoms with Gasteiger partial charge in [-0.15, -0.1) is 0 Å². The van der Waals surface area contributed by atoms with Crippen LogP contribution in [0, 0.1) is 0 Å². The highest BCUT2D eigenvalue weighted by Crippen LogP contribution is 2.24. The van der Waals surface area contributed by atoms with Crippen LogP contribution in [-0.4, -0.2) is 36.9 Å². The summed E-state index contributed by atoms with van der Waals surface area (Å²) in [6, 6.07) is 12.1. The SMILES string of the molecule is O=S(=O)(c1ccc(Br)cc1)N1CCC(Oc2ccccn2)C1. The molecule has 0 saturated carbocycles. The second-order valence-corrected chi connectivity index (χ2v) is 7.87. The smallest absolute Gasteiger partial charge is 0.243 e. The van der Waals surface area contributed by atoms with Crippen molar-refractivity contribution < 1.29 is 13.2 Å². The molecule has 3 rings (SSSR count). The molecule has 1 aromatic heterocycles. The van der Waals surface area contributed by atoms with Gasteiger partial charge in [0.15, 0.2) is 0 Å². The third-order valence-corrected chi connectivity index (χ3v) is 5.89. The minimum atomic E-state index is -3.47. The van der Waals surface area contributed by atoms with Gasteiger partial charge in [-0.1, -0.05) is 22.0 Å². The average molecular weight is 383 g/mol. The van der Waals surface area contributed by atoms with Crippen molar-refractivity contribution in [3.05, 3.63) is 53.1 Å². The molecule has 1 fully saturated rings. The highest BCUT2D eigenvalue weighted by atomic mass is 79.9. The van der Waals surface area contributed by atoms with Crippen molar-refractivity contribution in [2.45, 2.75) is 17.4 Å². The summed E-state index contributed by atoms with van der Waals surface area (Å²) in [5.74, 6) is 0.524. The molecule has 2 heterocycles. The zero-order valence-corrected chi connectivity index (χ0v) is 14.1. The molecule has 0 N–H and O–H groups in total. The van der Waals surface area contributed by atoms with E-state index in [1.165, 1.54) is 4.31 Å². The van der Waals surface area contributed by atoms with Gasteiger partial charge in [0.05, 0.1) is 11.4 Å². The molecule has 0 aliphatic carbocycles. The molecule has 1 atom stereocenters. The standard InChI is InChI=1S/C15H15BrN2O3S/c16-12-4-6-14(7-5-12)22(19,20)18-10-8-13(11-18)21-15-3-1-2-9-17-15/h1-7,9,13H,8,10-11H2. The van der Waals surface area contributed by atoms with Gasteiger partial charge in [-0.05, 0) is 36.8 Å². The van der Waals surface area contributed by atoms with Crippen LogP contribution >= 0.6 is 15.9 Å². The Morgan fingerprint density at radius 2 is 1.95 bits per heavy atom. The summed E-state index contributed by atoms with van der Waals surface area (Å²) in [7, 11) is -3.47. The van der Waals surface area contributed by atoms with Crippen molar-refractivity contribution in [3.63, 3.8) is 0 Å². The molecule has 0 radical (unpaired) electrons. The number of halogens is 1. The van der Waals surface area contributed by atoms with Gasteiger partial charge >= 0.3 is 0 Å². The van der Waals surface area contributed by atoms with Crippen LogP contribution in [0.1, 0.15) is 6.42 Å². The maximum absolute atomic E-state index is 12.6. The molecule has 5 nitrogen and oxygen atoms in total. The first-order valence-electron chi connectivity index (χ1n) is 6.89. The van der Waals surface area contributed by atoms with Gasteiger partial charge in [0.2, 0.25) is 15.9 Å². The van der Waals surface area contributed by atoms with Crippen LogP contribution in [0.5, 0.6) is 5.88 Å². The summed E-state index contributed by atoms with van der Waals surface area (Å²) >= 11 is 3.31. The topological polar surface area (TPSA) is 59.5 Å². The number of sulfonamides is 1. The molecule has 1 aliphatic rings. The fourth-order valence-electron chi connectivity index (χ4n) is 2.36. The summed E-state index contributed by atoms with van der Waals surface area (Å²) < 4.78 is 33.2. The number of aromatic nitrogens is 1. The molecular weight excluding hydrogens is 368 g/mol. The lowest BCUT2D eigenvalue weighted by Crippen LogP contribution is -2.31. The molecule has 1 unspecified atom stereocenters. The first kappa shape index (κ1) is 15.5. The lowest BCUT2D eigenvalue weighted by molar-refractivity contribution is 0.207. The second kappa shape index (κ2) is 6.36. The fourth-order valence-corrected chi connectivity index (χ4v) is 4.11. The zero-order chi connectivity index (χ0) is 15.6. The van der Waals surface area contributed by atoms with Crippen LogP contribution in [0.15, 0.2) is 58.0 Å². The van der Waals surface area contributed by atoms with Crippen LogP contribution in [0.2, 0.25) is 0 Å². The predicted octanol–water partition coefficient (Wildman–Crippen LogP) is 2.69. The monoisotopic (exact) mass is 382 g/mol. The maximum atomic E-state index is 12.6. The van der Waals surface area contributed by atoms with E-state index in [2.05, 4.69) is 20.9 Å². The van der Waals surface area contributed by atoms with Gasteiger partial charge in [0, 0.05) is 23.3 Å². The van der Waals surface area contributed by atoms with Crippen molar-refractivity contribution in [1.82, 2.24) is 9.29 Å². The van der Waals surface area contributed by atoms with Gasteiger partial charge in [0.1, 0.15) is 6.10 Å². The van der Waals surface area contributed by atoms with Crippen LogP contribution in [0.3, 0.4) is 0 Å². The third-order valence-electron chi connectivity index (χ3n) is 3.48. The predicted molar refractivity (Wildman–Crippen MR) is 86.2 cm³/mol. The summed E-state index contributed by atoms with van der Waals surface area (Å²) in [4.78, 5) is 4.40. The molecule has 22 heavy (non-hydrogen) atoms. The Morgan fingerprint density at radius 1 is 1.18 bits per heavy atom. The van der Waals surface area contributed by atoms with E-state index in [9.17, 15) is 8.42 Å². The number of hydrogen-bond donors (Lipinski definition) is 0. The molecule has 7 heteroatoms. The number of benzene rings is 1. The van der Waals surface area contributed by atoms with Crippen molar-refractivity contribution >= 4 is 26.0 Å². The minimum Gasteiger partial charge on any atom is -0.473 e. The van der Waals surface area contributed by atoms with Gasteiger partial charge in [-0.25, -0.2) is 13.4 Å². The molecule has 0 bridgehead atoms. The molecule has 1 saturated heterocycles. The minimum absolute atomic E-state index is 0.167. The van der Waals surface area contributed by atoms with Gasteiger partial charge in [-0.2, -0.15) is 4.31 Å². The molecular formula is C15H15BrN2O3S. The van der Waals surface area contributed by atoms with Crippen LogP contribution < -0.4 is 4.74 Å². The molecule has 0 spiro atoms. The zero-order valence-electron chi connectivity index (χ0n) is 11.7. The number of hydrogen-bond acceptors (Lipinski definition) is 4. The fraction of sp³-hybridized carbons (Fsp3) is 0.267. The van der Waals surface area contributed by atoms with Crippen LogP contribution in [-0.2, 0) is 10.0 Å². The summed E-state index contributed by atoms with van der Waals surface area (Å²) in [5.41, 5.74) is 0. The van der Waals surface area contributed by atoms with E-state index >= 15 is 0 Å². The van der Waals surface area contributed by atoms with Crippen molar-refractivity contribution in [3.8, 4) is 5.88 Å². The maximum Gasteiger partial charge on any atom is 0.243 e. The molecule has 1 aliphatic heterocycles. The quantitative estimate of drug-likeness (QED) is 0.815. The van der Waals surface area contributed by atoms with E-state index in [1.807, 2.05) is 12.1 Å². The Labute approximate surface area is 138 Å².